The molecule has 36 heavy (non-hydrogen) atoms. The first-order chi connectivity index (χ1) is 17.5. The van der Waals surface area contributed by atoms with Crippen LogP contribution >= 0.6 is 11.3 Å². The number of thiophene rings is 1. The number of nitrogens with one attached hydrogen (secondary N) is 1. The number of ketones is 1. The molecule has 9 heteroatoms. The number of ether oxygens (including phenoxy) is 1. The fourth-order valence-electron chi connectivity index (χ4n) is 4.07. The number of carbonyl (C=O) groups is 2. The summed E-state index contributed by atoms with van der Waals surface area (Å²) in [6.07, 6.45) is 3.24. The largest absolute Gasteiger partial charge is 0.494 e. The second kappa shape index (κ2) is 9.71. The number of benzene rings is 2. The maximum atomic E-state index is 13.7. The van der Waals surface area contributed by atoms with Gasteiger partial charge in [0.2, 0.25) is 0 Å². The van der Waals surface area contributed by atoms with E-state index in [-0.39, 0.29) is 46.4 Å². The SMILES string of the molecule is COc1c(C(=O)NCc2cnc(C)cn2)sc2c1c(=O)n(CC(=O)c1ccccc1)c1ccccc21. The lowest BCUT2D eigenvalue weighted by molar-refractivity contribution is 0.0948. The molecule has 0 bridgehead atoms. The molecule has 8 nitrogen and oxygen atoms in total. The molecule has 0 atom stereocenters. The highest BCUT2D eigenvalue weighted by molar-refractivity contribution is 7.22. The van der Waals surface area contributed by atoms with Crippen molar-refractivity contribution in [3.63, 3.8) is 0 Å². The minimum atomic E-state index is -0.385. The zero-order valence-corrected chi connectivity index (χ0v) is 20.5. The molecule has 5 aromatic rings. The maximum Gasteiger partial charge on any atom is 0.265 e. The van der Waals surface area contributed by atoms with Gasteiger partial charge in [0.1, 0.15) is 10.3 Å². The number of Topliss-reactive ketones (excluding diaryl/α,β-unsaturated/α-hetero) is 1. The second-order valence-corrected chi connectivity index (χ2v) is 9.22. The molecule has 1 N–H and O–H groups in total. The van der Waals surface area contributed by atoms with E-state index >= 15 is 0 Å². The zero-order valence-electron chi connectivity index (χ0n) is 19.6. The van der Waals surface area contributed by atoms with Crippen LogP contribution in [-0.2, 0) is 13.1 Å². The molecular weight excluding hydrogens is 476 g/mol. The highest BCUT2D eigenvalue weighted by atomic mass is 32.1. The van der Waals surface area contributed by atoms with Crippen LogP contribution in [0.25, 0.3) is 21.0 Å². The van der Waals surface area contributed by atoms with Gasteiger partial charge in [-0.1, -0.05) is 48.5 Å². The van der Waals surface area contributed by atoms with Crippen molar-refractivity contribution in [1.29, 1.82) is 0 Å². The van der Waals surface area contributed by atoms with Crippen molar-refractivity contribution < 1.29 is 14.3 Å². The molecule has 180 valence electrons. The van der Waals surface area contributed by atoms with E-state index < -0.39 is 0 Å². The normalized spacial score (nSPS) is 11.1. The van der Waals surface area contributed by atoms with E-state index in [2.05, 4.69) is 15.3 Å². The molecule has 1 amide bonds. The van der Waals surface area contributed by atoms with Gasteiger partial charge < -0.3 is 10.1 Å². The number of rotatable bonds is 7. The van der Waals surface area contributed by atoms with E-state index in [4.69, 9.17) is 4.74 Å². The number of aryl methyl sites for hydroxylation is 1. The minimum absolute atomic E-state index is 0.133. The Morgan fingerprint density at radius 3 is 2.50 bits per heavy atom. The van der Waals surface area contributed by atoms with Crippen molar-refractivity contribution in [2.75, 3.05) is 7.11 Å². The maximum absolute atomic E-state index is 13.7. The number of carbonyl (C=O) groups excluding carboxylic acids is 2. The van der Waals surface area contributed by atoms with Crippen molar-refractivity contribution >= 4 is 44.0 Å². The van der Waals surface area contributed by atoms with Crippen LogP contribution < -0.4 is 15.6 Å². The van der Waals surface area contributed by atoms with Crippen LogP contribution in [0, 0.1) is 6.92 Å². The van der Waals surface area contributed by atoms with E-state index in [1.54, 1.807) is 42.7 Å². The van der Waals surface area contributed by atoms with Crippen LogP contribution in [0.3, 0.4) is 0 Å². The number of aromatic nitrogens is 3. The molecule has 0 saturated carbocycles. The average molecular weight is 499 g/mol. The lowest BCUT2D eigenvalue weighted by Crippen LogP contribution is -2.25. The smallest absolute Gasteiger partial charge is 0.265 e. The first-order valence-electron chi connectivity index (χ1n) is 11.2. The predicted octanol–water partition coefficient (Wildman–Crippen LogP) is 4.14. The van der Waals surface area contributed by atoms with Crippen LogP contribution in [0.4, 0.5) is 0 Å². The van der Waals surface area contributed by atoms with E-state index in [9.17, 15) is 14.4 Å². The molecule has 0 aliphatic heterocycles. The lowest BCUT2D eigenvalue weighted by Gasteiger charge is -2.11. The number of para-hydroxylation sites is 1. The summed E-state index contributed by atoms with van der Waals surface area (Å²) in [5.74, 6) is -0.376. The average Bonchev–Trinajstić information content (AvgIpc) is 3.31. The number of hydrogen-bond acceptors (Lipinski definition) is 7. The summed E-state index contributed by atoms with van der Waals surface area (Å²) in [6, 6.07) is 16.2. The van der Waals surface area contributed by atoms with Gasteiger partial charge in [-0.3, -0.25) is 28.9 Å². The molecule has 3 heterocycles. The molecule has 0 fully saturated rings. The Morgan fingerprint density at radius 2 is 1.78 bits per heavy atom. The van der Waals surface area contributed by atoms with Gasteiger partial charge in [0, 0.05) is 17.1 Å². The molecule has 0 radical (unpaired) electrons. The van der Waals surface area contributed by atoms with E-state index in [0.29, 0.717) is 21.5 Å². The van der Waals surface area contributed by atoms with Crippen molar-refractivity contribution in [3.8, 4) is 5.75 Å². The Bertz CT molecular complexity index is 1660. The standard InChI is InChI=1S/C27H22N4O4S/c1-16-12-29-18(13-28-16)14-30-26(33)25-23(35-2)22-24(36-25)19-10-6-7-11-20(19)31(27(22)34)15-21(32)17-8-4-3-5-9-17/h3-13H,14-15H2,1-2H3,(H,30,33). The van der Waals surface area contributed by atoms with Crippen LogP contribution in [0.2, 0.25) is 0 Å². The third-order valence-corrected chi connectivity index (χ3v) is 7.04. The number of fused-ring (bicyclic) bond motifs is 3. The third kappa shape index (κ3) is 4.25. The number of hydrogen-bond donors (Lipinski definition) is 1. The monoisotopic (exact) mass is 498 g/mol. The summed E-state index contributed by atoms with van der Waals surface area (Å²) in [7, 11) is 1.43. The number of methoxy groups -OCH3 is 1. The molecule has 0 spiro atoms. The molecule has 2 aromatic carbocycles. The van der Waals surface area contributed by atoms with Gasteiger partial charge in [0.15, 0.2) is 11.5 Å². The lowest BCUT2D eigenvalue weighted by atomic mass is 10.1. The van der Waals surface area contributed by atoms with Gasteiger partial charge in [-0.2, -0.15) is 0 Å². The van der Waals surface area contributed by atoms with E-state index in [1.807, 2.05) is 31.2 Å². The van der Waals surface area contributed by atoms with Gasteiger partial charge in [-0.05, 0) is 13.0 Å². The van der Waals surface area contributed by atoms with Gasteiger partial charge >= 0.3 is 0 Å². The molecule has 0 unspecified atom stereocenters. The summed E-state index contributed by atoms with van der Waals surface area (Å²) in [5, 5.41) is 3.88. The molecule has 0 saturated heterocycles. The van der Waals surface area contributed by atoms with Gasteiger partial charge in [0.25, 0.3) is 11.5 Å². The zero-order chi connectivity index (χ0) is 25.2. The summed E-state index contributed by atoms with van der Waals surface area (Å²) in [4.78, 5) is 48.6. The van der Waals surface area contributed by atoms with Crippen molar-refractivity contribution in [3.05, 3.63) is 99.2 Å². The molecule has 0 aliphatic carbocycles. The van der Waals surface area contributed by atoms with Gasteiger partial charge in [-0.25, -0.2) is 0 Å². The molecular formula is C27H22N4O4S. The van der Waals surface area contributed by atoms with Gasteiger partial charge in [-0.15, -0.1) is 11.3 Å². The minimum Gasteiger partial charge on any atom is -0.494 e. The quantitative estimate of drug-likeness (QED) is 0.339. The Labute approximate surface area is 210 Å². The fraction of sp³-hybridized carbons (Fsp3) is 0.148. The highest BCUT2D eigenvalue weighted by Gasteiger charge is 2.25. The van der Waals surface area contributed by atoms with Crippen LogP contribution in [0.5, 0.6) is 5.75 Å². The van der Waals surface area contributed by atoms with E-state index in [0.717, 1.165) is 11.1 Å². The first-order valence-corrected chi connectivity index (χ1v) is 12.1. The molecule has 5 rings (SSSR count). The summed E-state index contributed by atoms with van der Waals surface area (Å²) in [5.41, 5.74) is 2.14. The van der Waals surface area contributed by atoms with Crippen molar-refractivity contribution in [1.82, 2.24) is 19.9 Å². The summed E-state index contributed by atoms with van der Waals surface area (Å²) >= 11 is 1.19. The second-order valence-electron chi connectivity index (χ2n) is 8.20. The topological polar surface area (TPSA) is 103 Å². The Balaban J connectivity index is 1.59. The Hall–Kier alpha value is -4.37. The highest BCUT2D eigenvalue weighted by Crippen LogP contribution is 2.39. The van der Waals surface area contributed by atoms with Crippen molar-refractivity contribution in [2.45, 2.75) is 20.0 Å². The van der Waals surface area contributed by atoms with Crippen LogP contribution in [-0.4, -0.2) is 33.3 Å². The van der Waals surface area contributed by atoms with Gasteiger partial charge in [0.05, 0.1) is 48.0 Å². The summed E-state index contributed by atoms with van der Waals surface area (Å²) < 4.78 is 7.67. The first kappa shape index (κ1) is 23.4. The number of pyridine rings is 1. The molecule has 3 aromatic heterocycles. The van der Waals surface area contributed by atoms with E-state index in [1.165, 1.54) is 23.0 Å². The number of nitrogens with zero attached hydrogens (tertiary/aromatic N) is 3. The van der Waals surface area contributed by atoms with Crippen LogP contribution in [0.1, 0.15) is 31.4 Å². The Kier molecular flexibility index (Phi) is 6.30. The predicted molar refractivity (Wildman–Crippen MR) is 139 cm³/mol. The molecule has 0 aliphatic rings. The third-order valence-electron chi connectivity index (χ3n) is 5.84. The number of amides is 1. The summed E-state index contributed by atoms with van der Waals surface area (Å²) in [6.45, 7) is 1.88. The fourth-order valence-corrected chi connectivity index (χ4v) is 5.28. The van der Waals surface area contributed by atoms with Crippen molar-refractivity contribution in [2.24, 2.45) is 0 Å². The Morgan fingerprint density at radius 1 is 1.03 bits per heavy atom. The van der Waals surface area contributed by atoms with Crippen LogP contribution in [0.15, 0.2) is 71.8 Å².